The first-order chi connectivity index (χ1) is 13.1. The number of nitrogens with zero attached hydrogens (tertiary/aromatic N) is 2. The molecule has 27 heavy (non-hydrogen) atoms. The van der Waals surface area contributed by atoms with E-state index in [2.05, 4.69) is 24.0 Å². The second-order valence-electron chi connectivity index (χ2n) is 6.60. The number of hydrogen-bond acceptors (Lipinski definition) is 2. The average Bonchev–Trinajstić information content (AvgIpc) is 2.81. The molecule has 3 aromatic carbocycles. The number of rotatable bonds is 3. The minimum atomic E-state index is -0.0206. The number of amides is 1. The number of anilines is 1. The van der Waals surface area contributed by atoms with Crippen LogP contribution in [0.25, 0.3) is 0 Å². The standard InChI is InChI=1S/C23H19ClN2O/c1-16-7-5-6-10-18(16)15-26-21-12-11-19(24)13-20(21)23(25-14-22(26)27)17-8-3-2-4-9-17/h2-13H,14-15H2,1H3. The Morgan fingerprint density at radius 3 is 2.52 bits per heavy atom. The summed E-state index contributed by atoms with van der Waals surface area (Å²) in [6, 6.07) is 23.7. The number of aryl methyl sites for hydroxylation is 1. The van der Waals surface area contributed by atoms with Gasteiger partial charge in [-0.05, 0) is 36.2 Å². The van der Waals surface area contributed by atoms with Gasteiger partial charge in [0.2, 0.25) is 5.91 Å². The lowest BCUT2D eigenvalue weighted by Crippen LogP contribution is -2.32. The quantitative estimate of drug-likeness (QED) is 0.632. The van der Waals surface area contributed by atoms with Gasteiger partial charge in [0.1, 0.15) is 6.54 Å². The summed E-state index contributed by atoms with van der Waals surface area (Å²) in [7, 11) is 0. The molecule has 0 atom stereocenters. The molecule has 3 nitrogen and oxygen atoms in total. The van der Waals surface area contributed by atoms with Gasteiger partial charge in [-0.2, -0.15) is 0 Å². The molecule has 0 aliphatic carbocycles. The summed E-state index contributed by atoms with van der Waals surface area (Å²) in [6.45, 7) is 2.69. The third kappa shape index (κ3) is 3.51. The normalized spacial score (nSPS) is 13.8. The zero-order valence-electron chi connectivity index (χ0n) is 15.0. The maximum Gasteiger partial charge on any atom is 0.248 e. The van der Waals surface area contributed by atoms with Crippen LogP contribution in [0, 0.1) is 6.92 Å². The fourth-order valence-corrected chi connectivity index (χ4v) is 3.53. The van der Waals surface area contributed by atoms with Gasteiger partial charge in [-0.15, -0.1) is 0 Å². The molecule has 0 N–H and O–H groups in total. The Hall–Kier alpha value is -2.91. The second kappa shape index (κ2) is 7.37. The molecule has 1 aliphatic rings. The number of benzene rings is 3. The van der Waals surface area contributed by atoms with Crippen LogP contribution >= 0.6 is 11.6 Å². The highest BCUT2D eigenvalue weighted by Crippen LogP contribution is 2.31. The lowest BCUT2D eigenvalue weighted by Gasteiger charge is -2.24. The van der Waals surface area contributed by atoms with Crippen molar-refractivity contribution in [2.75, 3.05) is 11.4 Å². The molecule has 3 aromatic rings. The van der Waals surface area contributed by atoms with E-state index in [0.29, 0.717) is 11.6 Å². The molecule has 0 radical (unpaired) electrons. The fraction of sp³-hybridized carbons (Fsp3) is 0.130. The largest absolute Gasteiger partial charge is 0.306 e. The maximum atomic E-state index is 12.9. The van der Waals surface area contributed by atoms with Crippen molar-refractivity contribution in [2.45, 2.75) is 13.5 Å². The van der Waals surface area contributed by atoms with E-state index in [-0.39, 0.29) is 12.5 Å². The fourth-order valence-electron chi connectivity index (χ4n) is 3.36. The number of carbonyl (C=O) groups is 1. The molecule has 1 heterocycles. The van der Waals surface area contributed by atoms with E-state index in [4.69, 9.17) is 11.6 Å². The van der Waals surface area contributed by atoms with Crippen molar-refractivity contribution in [2.24, 2.45) is 4.99 Å². The predicted octanol–water partition coefficient (Wildman–Crippen LogP) is 5.03. The van der Waals surface area contributed by atoms with Crippen LogP contribution in [-0.4, -0.2) is 18.2 Å². The Morgan fingerprint density at radius 2 is 1.74 bits per heavy atom. The van der Waals surface area contributed by atoms with E-state index in [1.54, 1.807) is 0 Å². The van der Waals surface area contributed by atoms with E-state index in [1.165, 1.54) is 0 Å². The van der Waals surface area contributed by atoms with Gasteiger partial charge in [0.05, 0.1) is 17.9 Å². The lowest BCUT2D eigenvalue weighted by atomic mass is 9.99. The highest BCUT2D eigenvalue weighted by molar-refractivity contribution is 6.32. The molecular formula is C23H19ClN2O. The van der Waals surface area contributed by atoms with Crippen molar-refractivity contribution in [1.82, 2.24) is 0 Å². The highest BCUT2D eigenvalue weighted by Gasteiger charge is 2.25. The Bertz CT molecular complexity index is 1030. The number of aliphatic imine (C=N–C) groups is 1. The van der Waals surface area contributed by atoms with Crippen LogP contribution in [0.1, 0.15) is 22.3 Å². The van der Waals surface area contributed by atoms with Crippen LogP contribution in [0.4, 0.5) is 5.69 Å². The maximum absolute atomic E-state index is 12.9. The molecule has 4 rings (SSSR count). The Labute approximate surface area is 163 Å². The summed E-state index contributed by atoms with van der Waals surface area (Å²) in [4.78, 5) is 19.4. The molecule has 0 unspecified atom stereocenters. The SMILES string of the molecule is Cc1ccccc1CN1C(=O)CN=C(c2ccccc2)c2cc(Cl)ccc21. The molecule has 1 aliphatic heterocycles. The Kier molecular flexibility index (Phi) is 4.78. The van der Waals surface area contributed by atoms with Gasteiger partial charge >= 0.3 is 0 Å². The van der Waals surface area contributed by atoms with E-state index >= 15 is 0 Å². The summed E-state index contributed by atoms with van der Waals surface area (Å²) in [5, 5.41) is 0.627. The summed E-state index contributed by atoms with van der Waals surface area (Å²) in [5.41, 5.74) is 5.78. The summed E-state index contributed by atoms with van der Waals surface area (Å²) in [6.07, 6.45) is 0. The van der Waals surface area contributed by atoms with Crippen molar-refractivity contribution in [3.8, 4) is 0 Å². The van der Waals surface area contributed by atoms with E-state index in [1.807, 2.05) is 65.6 Å². The first kappa shape index (κ1) is 17.5. The third-order valence-corrected chi connectivity index (χ3v) is 5.05. The minimum absolute atomic E-state index is 0.0206. The monoisotopic (exact) mass is 374 g/mol. The van der Waals surface area contributed by atoms with Crippen LogP contribution in [0.2, 0.25) is 5.02 Å². The molecule has 0 spiro atoms. The zero-order chi connectivity index (χ0) is 18.8. The number of hydrogen-bond donors (Lipinski definition) is 0. The second-order valence-corrected chi connectivity index (χ2v) is 7.04. The van der Waals surface area contributed by atoms with Gasteiger partial charge in [-0.1, -0.05) is 66.2 Å². The predicted molar refractivity (Wildman–Crippen MR) is 111 cm³/mol. The van der Waals surface area contributed by atoms with E-state index in [9.17, 15) is 4.79 Å². The third-order valence-electron chi connectivity index (χ3n) is 4.81. The average molecular weight is 375 g/mol. The molecule has 134 valence electrons. The number of fused-ring (bicyclic) bond motifs is 1. The van der Waals surface area contributed by atoms with Crippen LogP contribution < -0.4 is 4.90 Å². The molecule has 0 aromatic heterocycles. The van der Waals surface area contributed by atoms with E-state index in [0.717, 1.165) is 33.7 Å². The number of carbonyl (C=O) groups excluding carboxylic acids is 1. The van der Waals surface area contributed by atoms with Gasteiger partial charge in [-0.3, -0.25) is 9.79 Å². The molecule has 0 bridgehead atoms. The van der Waals surface area contributed by atoms with Gasteiger partial charge < -0.3 is 4.90 Å². The topological polar surface area (TPSA) is 32.7 Å². The van der Waals surface area contributed by atoms with Crippen molar-refractivity contribution < 1.29 is 4.79 Å². The summed E-state index contributed by atoms with van der Waals surface area (Å²) < 4.78 is 0. The van der Waals surface area contributed by atoms with Crippen LogP contribution in [0.3, 0.4) is 0 Å². The number of halogens is 1. The van der Waals surface area contributed by atoms with Gasteiger partial charge in [0.15, 0.2) is 0 Å². The summed E-state index contributed by atoms with van der Waals surface area (Å²) in [5.74, 6) is -0.0206. The first-order valence-electron chi connectivity index (χ1n) is 8.88. The highest BCUT2D eigenvalue weighted by atomic mass is 35.5. The zero-order valence-corrected chi connectivity index (χ0v) is 15.8. The van der Waals surface area contributed by atoms with Gasteiger partial charge in [-0.25, -0.2) is 0 Å². The molecule has 1 amide bonds. The Morgan fingerprint density at radius 1 is 1.00 bits per heavy atom. The molecule has 0 fully saturated rings. The Balaban J connectivity index is 1.83. The van der Waals surface area contributed by atoms with Crippen molar-refractivity contribution in [1.29, 1.82) is 0 Å². The molecule has 4 heteroatoms. The summed E-state index contributed by atoms with van der Waals surface area (Å²) >= 11 is 6.29. The van der Waals surface area contributed by atoms with Crippen LogP contribution in [-0.2, 0) is 11.3 Å². The minimum Gasteiger partial charge on any atom is -0.306 e. The lowest BCUT2D eigenvalue weighted by molar-refractivity contribution is -0.117. The van der Waals surface area contributed by atoms with Gasteiger partial charge in [0, 0.05) is 16.1 Å². The van der Waals surface area contributed by atoms with Crippen molar-refractivity contribution >= 4 is 28.9 Å². The first-order valence-corrected chi connectivity index (χ1v) is 9.26. The van der Waals surface area contributed by atoms with Crippen LogP contribution in [0.15, 0.2) is 77.8 Å². The molecule has 0 saturated carbocycles. The number of benzodiazepines with no additional fused rings is 1. The van der Waals surface area contributed by atoms with Crippen molar-refractivity contribution in [3.63, 3.8) is 0 Å². The van der Waals surface area contributed by atoms with Crippen LogP contribution in [0.5, 0.6) is 0 Å². The smallest absolute Gasteiger partial charge is 0.248 e. The molecular weight excluding hydrogens is 356 g/mol. The van der Waals surface area contributed by atoms with Gasteiger partial charge in [0.25, 0.3) is 0 Å². The van der Waals surface area contributed by atoms with E-state index < -0.39 is 0 Å². The molecule has 0 saturated heterocycles. The van der Waals surface area contributed by atoms with Crippen molar-refractivity contribution in [3.05, 3.63) is 100 Å².